The van der Waals surface area contributed by atoms with Crippen molar-refractivity contribution in [2.24, 2.45) is 0 Å². The van der Waals surface area contributed by atoms with Gasteiger partial charge in [0.05, 0.1) is 28.6 Å². The molecule has 1 unspecified atom stereocenters. The van der Waals surface area contributed by atoms with Gasteiger partial charge in [0.2, 0.25) is 0 Å². The number of ether oxygens (including phenoxy) is 2. The zero-order valence-corrected chi connectivity index (χ0v) is 21.0. The standard InChI is InChI=1S/C24H23ClF3NO4.Mg.2H/c1-13(2)33-20-6-3-14(9-18(20)24(26,27)28)12-32-16-4-5-19-17(11-16)22(25)23-15(10-21(30)31)7-8-29(19)23;;;/h3-6,9,11,13,15H,7-8,10,12H2,1-2H3,(H,30,31);;;/q;+2;2*-1. The summed E-state index contributed by atoms with van der Waals surface area (Å²) in [7, 11) is 0. The van der Waals surface area contributed by atoms with Crippen LogP contribution >= 0.6 is 11.6 Å². The molecule has 0 radical (unpaired) electrons. The summed E-state index contributed by atoms with van der Waals surface area (Å²) < 4.78 is 53.5. The molecule has 34 heavy (non-hydrogen) atoms. The Labute approximate surface area is 218 Å². The topological polar surface area (TPSA) is 60.7 Å². The molecule has 0 spiro atoms. The van der Waals surface area contributed by atoms with Crippen molar-refractivity contribution in [1.82, 2.24) is 4.57 Å². The predicted molar refractivity (Wildman–Crippen MR) is 126 cm³/mol. The van der Waals surface area contributed by atoms with Gasteiger partial charge in [0.1, 0.15) is 18.1 Å². The van der Waals surface area contributed by atoms with E-state index < -0.39 is 17.7 Å². The molecule has 0 aliphatic carbocycles. The van der Waals surface area contributed by atoms with Crippen molar-refractivity contribution in [3.05, 3.63) is 58.2 Å². The number of carbonyl (C=O) groups is 1. The Morgan fingerprint density at radius 3 is 2.65 bits per heavy atom. The number of rotatable bonds is 7. The van der Waals surface area contributed by atoms with Gasteiger partial charge in [0.15, 0.2) is 0 Å². The summed E-state index contributed by atoms with van der Waals surface area (Å²) in [5.74, 6) is -0.783. The van der Waals surface area contributed by atoms with E-state index in [1.807, 2.05) is 10.6 Å². The summed E-state index contributed by atoms with van der Waals surface area (Å²) in [6.07, 6.45) is -4.21. The molecule has 2 aromatic carbocycles. The van der Waals surface area contributed by atoms with Crippen LogP contribution in [0.5, 0.6) is 11.5 Å². The molecule has 0 fully saturated rings. The molecule has 1 aliphatic heterocycles. The van der Waals surface area contributed by atoms with E-state index in [4.69, 9.17) is 26.2 Å². The zero-order valence-electron chi connectivity index (χ0n) is 20.8. The van der Waals surface area contributed by atoms with Crippen molar-refractivity contribution in [2.75, 3.05) is 0 Å². The third-order valence-electron chi connectivity index (χ3n) is 5.64. The maximum Gasteiger partial charge on any atom is 2.00 e. The number of aliphatic carboxylic acids is 1. The number of nitrogens with zero attached hydrogens (tertiary/aromatic N) is 1. The number of aromatic nitrogens is 1. The van der Waals surface area contributed by atoms with Crippen molar-refractivity contribution in [3.8, 4) is 11.5 Å². The second kappa shape index (κ2) is 10.3. The first kappa shape index (κ1) is 26.5. The van der Waals surface area contributed by atoms with Crippen LogP contribution in [0.3, 0.4) is 0 Å². The fourth-order valence-corrected chi connectivity index (χ4v) is 4.69. The van der Waals surface area contributed by atoms with Gasteiger partial charge >= 0.3 is 35.2 Å². The summed E-state index contributed by atoms with van der Waals surface area (Å²) in [4.78, 5) is 11.2. The molecule has 3 aromatic rings. The molecule has 1 N–H and O–H groups in total. The third kappa shape index (κ3) is 5.42. The van der Waals surface area contributed by atoms with Gasteiger partial charge in [0, 0.05) is 23.5 Å². The first-order valence-electron chi connectivity index (χ1n) is 10.6. The number of carboxylic acid groups (broad SMARTS) is 1. The van der Waals surface area contributed by atoms with E-state index in [-0.39, 0.29) is 56.7 Å². The molecule has 0 amide bonds. The van der Waals surface area contributed by atoms with E-state index in [9.17, 15) is 18.0 Å². The summed E-state index contributed by atoms with van der Waals surface area (Å²) in [6.45, 7) is 3.95. The molecule has 1 aromatic heterocycles. The summed E-state index contributed by atoms with van der Waals surface area (Å²) >= 11 is 6.59. The van der Waals surface area contributed by atoms with Gasteiger partial charge in [-0.15, -0.1) is 0 Å². The Balaban J connectivity index is 0.00000216. The van der Waals surface area contributed by atoms with Gasteiger partial charge in [-0.2, -0.15) is 13.2 Å². The Kier molecular flexibility index (Phi) is 7.99. The van der Waals surface area contributed by atoms with Gasteiger partial charge in [-0.3, -0.25) is 4.79 Å². The quantitative estimate of drug-likeness (QED) is 0.371. The van der Waals surface area contributed by atoms with Crippen molar-refractivity contribution < 1.29 is 35.4 Å². The van der Waals surface area contributed by atoms with Crippen LogP contribution in [-0.4, -0.2) is 44.8 Å². The number of benzene rings is 2. The molecule has 5 nitrogen and oxygen atoms in total. The second-order valence-electron chi connectivity index (χ2n) is 8.40. The molecule has 4 rings (SSSR count). The Hall–Kier alpha value is -2.10. The number of hydrogen-bond donors (Lipinski definition) is 1. The monoisotopic (exact) mass is 507 g/mol. The van der Waals surface area contributed by atoms with E-state index in [1.54, 1.807) is 32.0 Å². The molecular weight excluding hydrogens is 483 g/mol. The molecule has 1 aliphatic rings. The fourth-order valence-electron chi connectivity index (χ4n) is 4.29. The van der Waals surface area contributed by atoms with Crippen molar-refractivity contribution in [2.45, 2.75) is 58.0 Å². The normalized spacial score (nSPS) is 15.3. The first-order valence-corrected chi connectivity index (χ1v) is 11.0. The third-order valence-corrected chi connectivity index (χ3v) is 6.03. The van der Waals surface area contributed by atoms with E-state index in [1.165, 1.54) is 6.07 Å². The van der Waals surface area contributed by atoms with Crippen molar-refractivity contribution in [1.29, 1.82) is 0 Å². The molecule has 10 heteroatoms. The number of hydrogen-bond acceptors (Lipinski definition) is 3. The van der Waals surface area contributed by atoms with Crippen LogP contribution in [0, 0.1) is 0 Å². The van der Waals surface area contributed by atoms with Gasteiger partial charge in [-0.1, -0.05) is 17.7 Å². The minimum atomic E-state index is -4.55. The van der Waals surface area contributed by atoms with Crippen LogP contribution in [0.1, 0.15) is 52.3 Å². The molecule has 0 saturated carbocycles. The Morgan fingerprint density at radius 2 is 2.00 bits per heavy atom. The second-order valence-corrected chi connectivity index (χ2v) is 8.77. The van der Waals surface area contributed by atoms with Gasteiger partial charge in [0.25, 0.3) is 0 Å². The summed E-state index contributed by atoms with van der Waals surface area (Å²) in [5, 5.41) is 10.4. The Bertz CT molecular complexity index is 1220. The number of aryl methyl sites for hydroxylation is 1. The minimum absolute atomic E-state index is 0. The number of carboxylic acids is 1. The zero-order chi connectivity index (χ0) is 23.9. The van der Waals surface area contributed by atoms with Crippen LogP contribution in [0.2, 0.25) is 5.02 Å². The van der Waals surface area contributed by atoms with E-state index in [0.29, 0.717) is 29.3 Å². The van der Waals surface area contributed by atoms with Crippen LogP contribution in [0.15, 0.2) is 36.4 Å². The van der Waals surface area contributed by atoms with Crippen LogP contribution < -0.4 is 9.47 Å². The van der Waals surface area contributed by atoms with E-state index >= 15 is 0 Å². The summed E-state index contributed by atoms with van der Waals surface area (Å²) in [6, 6.07) is 9.19. The van der Waals surface area contributed by atoms with Gasteiger partial charge < -0.3 is 22.0 Å². The molecule has 0 saturated heterocycles. The first-order chi connectivity index (χ1) is 15.5. The number of alkyl halides is 3. The molecular formula is C24H25ClF3MgNO4. The van der Waals surface area contributed by atoms with Gasteiger partial charge in [-0.25, -0.2) is 0 Å². The van der Waals surface area contributed by atoms with Crippen molar-refractivity contribution in [3.63, 3.8) is 0 Å². The maximum atomic E-state index is 13.5. The predicted octanol–water partition coefficient (Wildman–Crippen LogP) is 6.49. The fraction of sp³-hybridized carbons (Fsp3) is 0.375. The average molecular weight is 508 g/mol. The number of halogens is 4. The van der Waals surface area contributed by atoms with E-state index in [0.717, 1.165) is 22.7 Å². The molecule has 0 bridgehead atoms. The molecule has 2 heterocycles. The average Bonchev–Trinajstić information content (AvgIpc) is 3.25. The Morgan fingerprint density at radius 1 is 1.26 bits per heavy atom. The molecule has 1 atom stereocenters. The largest absolute Gasteiger partial charge is 2.00 e. The van der Waals surface area contributed by atoms with Crippen LogP contribution in [-0.2, 0) is 24.1 Å². The van der Waals surface area contributed by atoms with Crippen LogP contribution in [0.4, 0.5) is 13.2 Å². The molecule has 180 valence electrons. The minimum Gasteiger partial charge on any atom is -1.00 e. The maximum absolute atomic E-state index is 13.5. The van der Waals surface area contributed by atoms with E-state index in [2.05, 4.69) is 0 Å². The number of fused-ring (bicyclic) bond motifs is 3. The SMILES string of the molecule is CC(C)Oc1ccc(COc2ccc3c(c2)c(Cl)c2n3CCC2CC(=O)O)cc1C(F)(F)F.[H-].[H-].[Mg+2]. The van der Waals surface area contributed by atoms with Crippen molar-refractivity contribution >= 4 is 51.5 Å². The van der Waals surface area contributed by atoms with Crippen LogP contribution in [0.25, 0.3) is 10.9 Å². The van der Waals surface area contributed by atoms with Gasteiger partial charge in [-0.05, 0) is 56.2 Å². The smallest absolute Gasteiger partial charge is 1.00 e. The summed E-state index contributed by atoms with van der Waals surface area (Å²) in [5.41, 5.74) is 1.20.